The fourth-order valence-corrected chi connectivity index (χ4v) is 1.69. The van der Waals surface area contributed by atoms with Crippen LogP contribution in [0, 0.1) is 0 Å². The lowest BCUT2D eigenvalue weighted by Crippen LogP contribution is -2.21. The van der Waals surface area contributed by atoms with Crippen LogP contribution in [0.2, 0.25) is 0 Å². The number of ether oxygens (including phenoxy) is 1. The maximum Gasteiger partial charge on any atom is 0.134 e. The zero-order valence-corrected chi connectivity index (χ0v) is 11.1. The van der Waals surface area contributed by atoms with Crippen molar-refractivity contribution in [3.8, 4) is 17.1 Å². The molecule has 1 aromatic heterocycles. The van der Waals surface area contributed by atoms with E-state index in [-0.39, 0.29) is 0 Å². The Labute approximate surface area is 108 Å². The van der Waals surface area contributed by atoms with Crippen molar-refractivity contribution in [2.45, 2.75) is 26.4 Å². The van der Waals surface area contributed by atoms with Crippen molar-refractivity contribution in [1.29, 1.82) is 0 Å². The molecule has 0 saturated heterocycles. The van der Waals surface area contributed by atoms with E-state index in [1.807, 2.05) is 36.4 Å². The van der Waals surface area contributed by atoms with Crippen LogP contribution in [0.3, 0.4) is 0 Å². The van der Waals surface area contributed by atoms with E-state index in [1.54, 1.807) is 7.11 Å². The molecule has 18 heavy (non-hydrogen) atoms. The van der Waals surface area contributed by atoms with Crippen LogP contribution in [0.15, 0.2) is 40.8 Å². The smallest absolute Gasteiger partial charge is 0.134 e. The van der Waals surface area contributed by atoms with Gasteiger partial charge in [-0.3, -0.25) is 0 Å². The Hall–Kier alpha value is -1.74. The molecule has 0 radical (unpaired) electrons. The van der Waals surface area contributed by atoms with Crippen molar-refractivity contribution in [1.82, 2.24) is 5.32 Å². The van der Waals surface area contributed by atoms with Gasteiger partial charge < -0.3 is 14.5 Å². The molecule has 0 aliphatic carbocycles. The zero-order chi connectivity index (χ0) is 13.0. The van der Waals surface area contributed by atoms with E-state index in [0.717, 1.165) is 29.4 Å². The lowest BCUT2D eigenvalue weighted by molar-refractivity contribution is 0.415. The number of benzene rings is 1. The van der Waals surface area contributed by atoms with E-state index in [0.29, 0.717) is 6.04 Å². The summed E-state index contributed by atoms with van der Waals surface area (Å²) in [4.78, 5) is 0. The highest BCUT2D eigenvalue weighted by Gasteiger charge is 2.05. The van der Waals surface area contributed by atoms with E-state index in [9.17, 15) is 0 Å². The lowest BCUT2D eigenvalue weighted by Gasteiger charge is -2.05. The van der Waals surface area contributed by atoms with Gasteiger partial charge in [-0.2, -0.15) is 0 Å². The van der Waals surface area contributed by atoms with Crippen LogP contribution >= 0.6 is 0 Å². The van der Waals surface area contributed by atoms with Crippen LogP contribution in [0.5, 0.6) is 5.75 Å². The molecule has 0 atom stereocenters. The quantitative estimate of drug-likeness (QED) is 0.876. The summed E-state index contributed by atoms with van der Waals surface area (Å²) in [7, 11) is 1.66. The van der Waals surface area contributed by atoms with Gasteiger partial charge in [-0.05, 0) is 36.4 Å². The second-order valence-corrected chi connectivity index (χ2v) is 4.53. The first-order valence-corrected chi connectivity index (χ1v) is 6.15. The van der Waals surface area contributed by atoms with Crippen LogP contribution in [0.1, 0.15) is 19.6 Å². The van der Waals surface area contributed by atoms with Gasteiger partial charge >= 0.3 is 0 Å². The van der Waals surface area contributed by atoms with Gasteiger partial charge in [-0.1, -0.05) is 13.8 Å². The van der Waals surface area contributed by atoms with Gasteiger partial charge in [-0.25, -0.2) is 0 Å². The summed E-state index contributed by atoms with van der Waals surface area (Å²) in [6.07, 6.45) is 0. The molecule has 0 aliphatic rings. The normalized spacial score (nSPS) is 10.9. The molecule has 1 heterocycles. The van der Waals surface area contributed by atoms with E-state index in [2.05, 4.69) is 19.2 Å². The van der Waals surface area contributed by atoms with Gasteiger partial charge in [0.05, 0.1) is 13.7 Å². The Balaban J connectivity index is 2.08. The second-order valence-electron chi connectivity index (χ2n) is 4.53. The molecule has 0 saturated carbocycles. The summed E-state index contributed by atoms with van der Waals surface area (Å²) in [5.41, 5.74) is 1.06. The van der Waals surface area contributed by atoms with Crippen LogP contribution < -0.4 is 10.1 Å². The second kappa shape index (κ2) is 5.74. The Morgan fingerprint density at radius 1 is 1.11 bits per heavy atom. The minimum Gasteiger partial charge on any atom is -0.497 e. The van der Waals surface area contributed by atoms with Crippen molar-refractivity contribution >= 4 is 0 Å². The molecule has 3 nitrogen and oxygen atoms in total. The molecular weight excluding hydrogens is 226 g/mol. The van der Waals surface area contributed by atoms with Gasteiger partial charge in [0.25, 0.3) is 0 Å². The number of nitrogens with one attached hydrogen (secondary N) is 1. The minimum absolute atomic E-state index is 0.458. The minimum atomic E-state index is 0.458. The zero-order valence-electron chi connectivity index (χ0n) is 11.1. The summed E-state index contributed by atoms with van der Waals surface area (Å²) >= 11 is 0. The van der Waals surface area contributed by atoms with Crippen molar-refractivity contribution in [2.24, 2.45) is 0 Å². The van der Waals surface area contributed by atoms with Gasteiger partial charge in [-0.15, -0.1) is 0 Å². The topological polar surface area (TPSA) is 34.4 Å². The summed E-state index contributed by atoms with van der Waals surface area (Å²) < 4.78 is 10.9. The van der Waals surface area contributed by atoms with Gasteiger partial charge in [0.2, 0.25) is 0 Å². The molecule has 0 bridgehead atoms. The molecule has 0 amide bonds. The largest absolute Gasteiger partial charge is 0.497 e. The highest BCUT2D eigenvalue weighted by Crippen LogP contribution is 2.24. The summed E-state index contributed by atoms with van der Waals surface area (Å²) in [5, 5.41) is 3.33. The molecule has 0 fully saturated rings. The molecule has 2 aromatic rings. The molecule has 0 unspecified atom stereocenters. The van der Waals surface area contributed by atoms with Crippen LogP contribution in [-0.4, -0.2) is 13.2 Å². The first-order valence-electron chi connectivity index (χ1n) is 6.15. The van der Waals surface area contributed by atoms with Crippen molar-refractivity contribution in [3.63, 3.8) is 0 Å². The van der Waals surface area contributed by atoms with Gasteiger partial charge in [0, 0.05) is 11.6 Å². The predicted molar refractivity (Wildman–Crippen MR) is 72.7 cm³/mol. The summed E-state index contributed by atoms with van der Waals surface area (Å²) in [5.74, 6) is 2.69. The van der Waals surface area contributed by atoms with Crippen molar-refractivity contribution < 1.29 is 9.15 Å². The van der Waals surface area contributed by atoms with E-state index >= 15 is 0 Å². The molecule has 0 spiro atoms. The summed E-state index contributed by atoms with van der Waals surface area (Å²) in [6, 6.07) is 12.3. The molecule has 1 aromatic carbocycles. The highest BCUT2D eigenvalue weighted by molar-refractivity contribution is 5.58. The molecule has 2 rings (SSSR count). The molecule has 0 aliphatic heterocycles. The number of hydrogen-bond acceptors (Lipinski definition) is 3. The Kier molecular flexibility index (Phi) is 4.05. The number of hydrogen-bond donors (Lipinski definition) is 1. The maximum absolute atomic E-state index is 5.79. The van der Waals surface area contributed by atoms with Gasteiger partial charge in [0.15, 0.2) is 0 Å². The van der Waals surface area contributed by atoms with Crippen molar-refractivity contribution in [3.05, 3.63) is 42.2 Å². The van der Waals surface area contributed by atoms with Crippen LogP contribution in [0.25, 0.3) is 11.3 Å². The molecular formula is C15H19NO2. The van der Waals surface area contributed by atoms with Crippen LogP contribution in [0.4, 0.5) is 0 Å². The number of rotatable bonds is 5. The molecule has 96 valence electrons. The third kappa shape index (κ3) is 3.14. The lowest BCUT2D eigenvalue weighted by atomic mass is 10.2. The predicted octanol–water partition coefficient (Wildman–Crippen LogP) is 3.45. The highest BCUT2D eigenvalue weighted by atomic mass is 16.5. The first kappa shape index (κ1) is 12.7. The first-order chi connectivity index (χ1) is 8.69. The standard InChI is InChI=1S/C15H19NO2/c1-11(2)16-10-14-8-9-15(18-14)12-4-6-13(17-3)7-5-12/h4-9,11,16H,10H2,1-3H3. The van der Waals surface area contributed by atoms with E-state index < -0.39 is 0 Å². The van der Waals surface area contributed by atoms with E-state index in [4.69, 9.17) is 9.15 Å². The SMILES string of the molecule is COc1ccc(-c2ccc(CNC(C)C)o2)cc1. The fraction of sp³-hybridized carbons (Fsp3) is 0.333. The maximum atomic E-state index is 5.79. The molecule has 3 heteroatoms. The van der Waals surface area contributed by atoms with Gasteiger partial charge in [0.1, 0.15) is 17.3 Å². The number of furan rings is 1. The van der Waals surface area contributed by atoms with E-state index in [1.165, 1.54) is 0 Å². The van der Waals surface area contributed by atoms with Crippen molar-refractivity contribution in [2.75, 3.05) is 7.11 Å². The van der Waals surface area contributed by atoms with Crippen LogP contribution in [-0.2, 0) is 6.54 Å². The summed E-state index contributed by atoms with van der Waals surface area (Å²) in [6.45, 7) is 4.99. The Morgan fingerprint density at radius 2 is 1.83 bits per heavy atom. The molecule has 1 N–H and O–H groups in total. The monoisotopic (exact) mass is 245 g/mol. The average molecular weight is 245 g/mol. The third-order valence-electron chi connectivity index (χ3n) is 2.72. The average Bonchev–Trinajstić information content (AvgIpc) is 2.85. The fourth-order valence-electron chi connectivity index (χ4n) is 1.69. The Morgan fingerprint density at radius 3 is 2.44 bits per heavy atom. The number of methoxy groups -OCH3 is 1. The Bertz CT molecular complexity index is 485. The third-order valence-corrected chi connectivity index (χ3v) is 2.72.